The number of rotatable bonds is 16. The van der Waals surface area contributed by atoms with Gasteiger partial charge in [-0.1, -0.05) is 90.2 Å². The molecule has 3 nitrogen and oxygen atoms in total. The third-order valence-electron chi connectivity index (χ3n) is 5.16. The number of carbonyl (C=O) groups is 1. The van der Waals surface area contributed by atoms with E-state index in [1.54, 1.807) is 18.2 Å². The lowest BCUT2D eigenvalue weighted by Gasteiger charge is -2.18. The summed E-state index contributed by atoms with van der Waals surface area (Å²) in [6.45, 7) is 4.44. The Morgan fingerprint density at radius 3 is 1.89 bits per heavy atom. The molecule has 1 N–H and O–H groups in total. The molecule has 0 heterocycles. The predicted octanol–water partition coefficient (Wildman–Crippen LogP) is 7.42. The van der Waals surface area contributed by atoms with Crippen LogP contribution in [0.2, 0.25) is 0 Å². The number of aromatic hydroxyl groups is 1. The van der Waals surface area contributed by atoms with Crippen LogP contribution in [0.25, 0.3) is 0 Å². The highest BCUT2D eigenvalue weighted by Gasteiger charge is 2.18. The predicted molar refractivity (Wildman–Crippen MR) is 113 cm³/mol. The molecule has 0 amide bonds. The Labute approximate surface area is 166 Å². The second-order valence-corrected chi connectivity index (χ2v) is 7.66. The van der Waals surface area contributed by atoms with Crippen LogP contribution in [0.4, 0.5) is 0 Å². The smallest absolute Gasteiger partial charge is 0.342 e. The Hall–Kier alpha value is -1.51. The van der Waals surface area contributed by atoms with Gasteiger partial charge in [-0.3, -0.25) is 0 Å². The molecule has 0 saturated carbocycles. The summed E-state index contributed by atoms with van der Waals surface area (Å²) in [7, 11) is 0. The highest BCUT2D eigenvalue weighted by atomic mass is 16.5. The molecular formula is C24H40O3. The van der Waals surface area contributed by atoms with Crippen LogP contribution in [0.1, 0.15) is 114 Å². The summed E-state index contributed by atoms with van der Waals surface area (Å²) in [6, 6.07) is 6.62. The van der Waals surface area contributed by atoms with Crippen molar-refractivity contribution in [3.05, 3.63) is 29.8 Å². The van der Waals surface area contributed by atoms with Gasteiger partial charge >= 0.3 is 5.97 Å². The summed E-state index contributed by atoms with van der Waals surface area (Å²) in [5.41, 5.74) is 0.269. The molecule has 1 unspecified atom stereocenters. The van der Waals surface area contributed by atoms with Crippen LogP contribution < -0.4 is 0 Å². The van der Waals surface area contributed by atoms with Gasteiger partial charge in [0.25, 0.3) is 0 Å². The molecule has 1 aromatic rings. The lowest BCUT2D eigenvalue weighted by Crippen LogP contribution is -2.18. The lowest BCUT2D eigenvalue weighted by molar-refractivity contribution is 0.0246. The monoisotopic (exact) mass is 376 g/mol. The van der Waals surface area contributed by atoms with Gasteiger partial charge < -0.3 is 9.84 Å². The molecule has 3 heteroatoms. The maximum Gasteiger partial charge on any atom is 0.342 e. The third kappa shape index (κ3) is 11.0. The molecule has 1 rings (SSSR count). The van der Waals surface area contributed by atoms with Gasteiger partial charge in [-0.25, -0.2) is 4.79 Å². The highest BCUT2D eigenvalue weighted by Crippen LogP contribution is 2.21. The fraction of sp³-hybridized carbons (Fsp3) is 0.708. The minimum Gasteiger partial charge on any atom is -0.507 e. The number of para-hydroxylation sites is 1. The first-order chi connectivity index (χ1) is 13.2. The van der Waals surface area contributed by atoms with Gasteiger partial charge in [-0.15, -0.1) is 0 Å². The number of hydrogen-bond acceptors (Lipinski definition) is 3. The second kappa shape index (κ2) is 15.5. The summed E-state index contributed by atoms with van der Waals surface area (Å²) in [4.78, 5) is 12.4. The van der Waals surface area contributed by atoms with Crippen molar-refractivity contribution in [2.24, 2.45) is 0 Å². The van der Waals surface area contributed by atoms with E-state index in [-0.39, 0.29) is 17.4 Å². The molecule has 0 fully saturated rings. The largest absolute Gasteiger partial charge is 0.507 e. The standard InChI is InChI=1S/C24H40O3/c1-3-5-7-8-9-10-11-12-14-18-21(17-13-6-4-2)27-24(26)22-19-15-16-20-23(22)25/h15-16,19-21,25H,3-14,17-18H2,1-2H3. The molecule has 1 aromatic carbocycles. The molecule has 0 bridgehead atoms. The number of hydrogen-bond donors (Lipinski definition) is 1. The molecule has 0 spiro atoms. The van der Waals surface area contributed by atoms with E-state index in [1.807, 2.05) is 0 Å². The molecule has 0 aliphatic rings. The van der Waals surface area contributed by atoms with Crippen LogP contribution in [0.15, 0.2) is 24.3 Å². The summed E-state index contributed by atoms with van der Waals surface area (Å²) in [5.74, 6) is -0.400. The van der Waals surface area contributed by atoms with E-state index in [4.69, 9.17) is 4.74 Å². The Morgan fingerprint density at radius 2 is 1.30 bits per heavy atom. The minimum atomic E-state index is -0.398. The van der Waals surface area contributed by atoms with E-state index in [9.17, 15) is 9.90 Å². The van der Waals surface area contributed by atoms with Gasteiger partial charge in [-0.05, 0) is 37.8 Å². The number of carbonyl (C=O) groups excluding carboxylic acids is 1. The van der Waals surface area contributed by atoms with E-state index in [2.05, 4.69) is 13.8 Å². The van der Waals surface area contributed by atoms with Crippen molar-refractivity contribution in [2.45, 2.75) is 110 Å². The van der Waals surface area contributed by atoms with E-state index in [0.717, 1.165) is 32.1 Å². The molecule has 0 aliphatic heterocycles. The van der Waals surface area contributed by atoms with Crippen molar-refractivity contribution in [1.82, 2.24) is 0 Å². The first-order valence-corrected chi connectivity index (χ1v) is 11.2. The minimum absolute atomic E-state index is 0.00196. The van der Waals surface area contributed by atoms with Crippen molar-refractivity contribution < 1.29 is 14.6 Å². The van der Waals surface area contributed by atoms with E-state index >= 15 is 0 Å². The van der Waals surface area contributed by atoms with Crippen LogP contribution in [-0.4, -0.2) is 17.2 Å². The van der Waals surface area contributed by atoms with Crippen LogP contribution in [0.5, 0.6) is 5.75 Å². The number of phenolic OH excluding ortho intramolecular Hbond substituents is 1. The molecule has 0 aliphatic carbocycles. The number of benzene rings is 1. The second-order valence-electron chi connectivity index (χ2n) is 7.66. The third-order valence-corrected chi connectivity index (χ3v) is 5.16. The fourth-order valence-corrected chi connectivity index (χ4v) is 3.43. The fourth-order valence-electron chi connectivity index (χ4n) is 3.43. The van der Waals surface area contributed by atoms with E-state index in [1.165, 1.54) is 63.9 Å². The average Bonchev–Trinajstić information content (AvgIpc) is 2.67. The van der Waals surface area contributed by atoms with Gasteiger partial charge in [0.2, 0.25) is 0 Å². The van der Waals surface area contributed by atoms with Gasteiger partial charge in [0.15, 0.2) is 0 Å². The first-order valence-electron chi connectivity index (χ1n) is 11.2. The van der Waals surface area contributed by atoms with Crippen LogP contribution in [0.3, 0.4) is 0 Å². The summed E-state index contributed by atoms with van der Waals surface area (Å²) in [6.07, 6.45) is 16.9. The van der Waals surface area contributed by atoms with Crippen molar-refractivity contribution in [1.29, 1.82) is 0 Å². The molecule has 1 atom stereocenters. The number of unbranched alkanes of at least 4 members (excludes halogenated alkanes) is 10. The molecule has 0 radical (unpaired) electrons. The average molecular weight is 377 g/mol. The zero-order valence-corrected chi connectivity index (χ0v) is 17.5. The van der Waals surface area contributed by atoms with Gasteiger partial charge in [-0.2, -0.15) is 0 Å². The number of phenols is 1. The number of esters is 1. The molecular weight excluding hydrogens is 336 g/mol. The van der Waals surface area contributed by atoms with Crippen molar-refractivity contribution in [3.8, 4) is 5.75 Å². The van der Waals surface area contributed by atoms with Gasteiger partial charge in [0.05, 0.1) is 0 Å². The highest BCUT2D eigenvalue weighted by molar-refractivity contribution is 5.92. The molecule has 154 valence electrons. The Bertz CT molecular complexity index is 498. The number of ether oxygens (including phenoxy) is 1. The zero-order valence-electron chi connectivity index (χ0n) is 17.5. The van der Waals surface area contributed by atoms with Crippen LogP contribution in [0, 0.1) is 0 Å². The van der Waals surface area contributed by atoms with Gasteiger partial charge in [0, 0.05) is 0 Å². The van der Waals surface area contributed by atoms with Crippen molar-refractivity contribution >= 4 is 5.97 Å². The normalized spacial score (nSPS) is 12.1. The topological polar surface area (TPSA) is 46.5 Å². The Kier molecular flexibility index (Phi) is 13.5. The van der Waals surface area contributed by atoms with Crippen LogP contribution in [-0.2, 0) is 4.74 Å². The van der Waals surface area contributed by atoms with E-state index in [0.29, 0.717) is 0 Å². The van der Waals surface area contributed by atoms with Crippen LogP contribution >= 0.6 is 0 Å². The molecule has 0 aromatic heterocycles. The van der Waals surface area contributed by atoms with E-state index < -0.39 is 5.97 Å². The van der Waals surface area contributed by atoms with Crippen molar-refractivity contribution in [3.63, 3.8) is 0 Å². The summed E-state index contributed by atoms with van der Waals surface area (Å²) in [5, 5.41) is 9.86. The van der Waals surface area contributed by atoms with Gasteiger partial charge in [0.1, 0.15) is 17.4 Å². The maximum atomic E-state index is 12.4. The Balaban J connectivity index is 2.32. The maximum absolute atomic E-state index is 12.4. The Morgan fingerprint density at radius 1 is 0.815 bits per heavy atom. The first kappa shape index (κ1) is 23.5. The summed E-state index contributed by atoms with van der Waals surface area (Å²) >= 11 is 0. The zero-order chi connectivity index (χ0) is 19.7. The van der Waals surface area contributed by atoms with Crippen molar-refractivity contribution in [2.75, 3.05) is 0 Å². The molecule has 0 saturated heterocycles. The molecule has 27 heavy (non-hydrogen) atoms. The SMILES string of the molecule is CCCCCCCCCCCC(CCCCC)OC(=O)c1ccccc1O. The quantitative estimate of drug-likeness (QED) is 0.241. The summed E-state index contributed by atoms with van der Waals surface area (Å²) < 4.78 is 5.74. The lowest BCUT2D eigenvalue weighted by atomic mass is 10.0.